The van der Waals surface area contributed by atoms with Crippen LogP contribution in [0.2, 0.25) is 0 Å². The van der Waals surface area contributed by atoms with E-state index in [9.17, 15) is 13.2 Å². The monoisotopic (exact) mass is 298 g/mol. The van der Waals surface area contributed by atoms with Gasteiger partial charge in [0.05, 0.1) is 11.2 Å². The van der Waals surface area contributed by atoms with Crippen LogP contribution < -0.4 is 11.3 Å². The Morgan fingerprint density at radius 1 is 1.35 bits per heavy atom. The van der Waals surface area contributed by atoms with Crippen molar-refractivity contribution >= 4 is 0 Å². The molecule has 2 unspecified atom stereocenters. The van der Waals surface area contributed by atoms with Gasteiger partial charge in [-0.3, -0.25) is 11.3 Å². The summed E-state index contributed by atoms with van der Waals surface area (Å²) < 4.78 is 46.6. The number of rotatable bonds is 6. The van der Waals surface area contributed by atoms with Gasteiger partial charge in [0.25, 0.3) is 0 Å². The topological polar surface area (TPSA) is 56.5 Å². The number of hydrogen-bond donors (Lipinski definition) is 2. The fourth-order valence-electron chi connectivity index (χ4n) is 3.03. The first-order valence-corrected chi connectivity index (χ1v) is 6.78. The molecule has 0 aromatic heterocycles. The summed E-state index contributed by atoms with van der Waals surface area (Å²) in [6.07, 6.45) is -3.07. The highest BCUT2D eigenvalue weighted by molar-refractivity contribution is 4.98. The first-order chi connectivity index (χ1) is 8.97. The first kappa shape index (κ1) is 17.7. The molecule has 0 radical (unpaired) electrons. The van der Waals surface area contributed by atoms with Gasteiger partial charge in [-0.1, -0.05) is 0 Å². The highest BCUT2D eigenvalue weighted by atomic mass is 19.4. The molecule has 0 bridgehead atoms. The summed E-state index contributed by atoms with van der Waals surface area (Å²) in [5.74, 6) is 5.67. The van der Waals surface area contributed by atoms with Crippen LogP contribution in [0.3, 0.4) is 0 Å². The van der Waals surface area contributed by atoms with E-state index in [-0.39, 0.29) is 29.8 Å². The van der Waals surface area contributed by atoms with Gasteiger partial charge in [-0.2, -0.15) is 13.2 Å². The van der Waals surface area contributed by atoms with Crippen LogP contribution in [0, 0.1) is 5.92 Å². The molecule has 0 aromatic rings. The Bertz CT molecular complexity index is 319. The van der Waals surface area contributed by atoms with E-state index in [1.165, 1.54) is 0 Å². The normalized spacial score (nSPS) is 26.7. The number of hydrazine groups is 1. The Labute approximate surface area is 118 Å². The minimum absolute atomic E-state index is 0.0153. The quantitative estimate of drug-likeness (QED) is 0.449. The lowest BCUT2D eigenvalue weighted by Gasteiger charge is -2.32. The van der Waals surface area contributed by atoms with Crippen molar-refractivity contribution in [2.24, 2.45) is 11.8 Å². The molecule has 0 aromatic carbocycles. The maximum absolute atomic E-state index is 12.0. The maximum Gasteiger partial charge on any atom is 0.411 e. The zero-order chi connectivity index (χ0) is 15.6. The maximum atomic E-state index is 12.0. The Morgan fingerprint density at radius 2 is 1.95 bits per heavy atom. The minimum atomic E-state index is -4.29. The minimum Gasteiger partial charge on any atom is -0.372 e. The molecule has 1 saturated heterocycles. The Morgan fingerprint density at radius 3 is 2.35 bits per heavy atom. The molecule has 0 spiro atoms. The second-order valence-corrected chi connectivity index (χ2v) is 6.51. The zero-order valence-corrected chi connectivity index (χ0v) is 12.5. The van der Waals surface area contributed by atoms with E-state index in [1.54, 1.807) is 0 Å². The molecule has 0 saturated carbocycles. The summed E-state index contributed by atoms with van der Waals surface area (Å²) in [5.41, 5.74) is 2.07. The fourth-order valence-corrected chi connectivity index (χ4v) is 3.03. The van der Waals surface area contributed by atoms with Gasteiger partial charge in [-0.25, -0.2) is 0 Å². The molecule has 4 nitrogen and oxygen atoms in total. The van der Waals surface area contributed by atoms with Crippen molar-refractivity contribution < 1.29 is 22.6 Å². The van der Waals surface area contributed by atoms with E-state index in [0.29, 0.717) is 6.42 Å². The van der Waals surface area contributed by atoms with E-state index < -0.39 is 12.8 Å². The van der Waals surface area contributed by atoms with Crippen LogP contribution in [0.15, 0.2) is 0 Å². The van der Waals surface area contributed by atoms with Gasteiger partial charge in [0, 0.05) is 18.6 Å². The van der Waals surface area contributed by atoms with E-state index in [2.05, 4.69) is 10.2 Å². The third-order valence-electron chi connectivity index (χ3n) is 3.68. The molecule has 1 rings (SSSR count). The predicted octanol–water partition coefficient (Wildman–Crippen LogP) is 2.38. The van der Waals surface area contributed by atoms with Crippen molar-refractivity contribution in [2.75, 3.05) is 13.2 Å². The predicted molar refractivity (Wildman–Crippen MR) is 70.0 cm³/mol. The molecule has 1 heterocycles. The Balaban J connectivity index is 2.50. The van der Waals surface area contributed by atoms with Crippen LogP contribution in [0.5, 0.6) is 0 Å². The summed E-state index contributed by atoms with van der Waals surface area (Å²) in [6.45, 7) is 6.76. The van der Waals surface area contributed by atoms with E-state index >= 15 is 0 Å². The van der Waals surface area contributed by atoms with Gasteiger partial charge in [0.1, 0.15) is 6.61 Å². The van der Waals surface area contributed by atoms with Crippen LogP contribution in [0.4, 0.5) is 13.2 Å². The summed E-state index contributed by atoms with van der Waals surface area (Å²) in [5, 5.41) is 0. The number of nitrogens with one attached hydrogen (secondary N) is 1. The first-order valence-electron chi connectivity index (χ1n) is 6.78. The lowest BCUT2D eigenvalue weighted by atomic mass is 9.81. The van der Waals surface area contributed by atoms with Gasteiger partial charge < -0.3 is 9.47 Å². The van der Waals surface area contributed by atoms with Crippen molar-refractivity contribution in [1.29, 1.82) is 0 Å². The lowest BCUT2D eigenvalue weighted by molar-refractivity contribution is -0.174. The standard InChI is InChI=1S/C13H25F3N2O2/c1-11(2)7-9(12(3,4)20-11)10(18-17)5-6-19-8-13(14,15)16/h9-10,18H,5-8,17H2,1-4H3. The summed E-state index contributed by atoms with van der Waals surface area (Å²) in [4.78, 5) is 0. The summed E-state index contributed by atoms with van der Waals surface area (Å²) >= 11 is 0. The van der Waals surface area contributed by atoms with Crippen molar-refractivity contribution in [2.45, 2.75) is 64.0 Å². The van der Waals surface area contributed by atoms with Gasteiger partial charge in [0.15, 0.2) is 0 Å². The van der Waals surface area contributed by atoms with Crippen LogP contribution >= 0.6 is 0 Å². The molecule has 1 fully saturated rings. The molecule has 120 valence electrons. The largest absolute Gasteiger partial charge is 0.411 e. The average molecular weight is 298 g/mol. The third-order valence-corrected chi connectivity index (χ3v) is 3.68. The Hall–Kier alpha value is -0.370. The third kappa shape index (κ3) is 5.20. The van der Waals surface area contributed by atoms with Crippen LogP contribution in [-0.4, -0.2) is 36.6 Å². The molecule has 20 heavy (non-hydrogen) atoms. The van der Waals surface area contributed by atoms with Crippen LogP contribution in [0.1, 0.15) is 40.5 Å². The molecule has 1 aliphatic heterocycles. The van der Waals surface area contributed by atoms with Gasteiger partial charge in [-0.15, -0.1) is 0 Å². The van der Waals surface area contributed by atoms with Crippen molar-refractivity contribution in [3.8, 4) is 0 Å². The molecular weight excluding hydrogens is 273 g/mol. The van der Waals surface area contributed by atoms with Gasteiger partial charge in [0.2, 0.25) is 0 Å². The van der Waals surface area contributed by atoms with Gasteiger partial charge in [-0.05, 0) is 40.5 Å². The lowest BCUT2D eigenvalue weighted by Crippen LogP contribution is -2.47. The van der Waals surface area contributed by atoms with Crippen molar-refractivity contribution in [3.05, 3.63) is 0 Å². The number of alkyl halides is 3. The van der Waals surface area contributed by atoms with Crippen LogP contribution in [0.25, 0.3) is 0 Å². The molecule has 1 aliphatic rings. The number of nitrogens with two attached hydrogens (primary N) is 1. The molecule has 0 aliphatic carbocycles. The van der Waals surface area contributed by atoms with E-state index in [1.807, 2.05) is 27.7 Å². The van der Waals surface area contributed by atoms with Crippen molar-refractivity contribution in [1.82, 2.24) is 5.43 Å². The van der Waals surface area contributed by atoms with E-state index in [4.69, 9.17) is 10.6 Å². The Kier molecular flexibility index (Phi) is 5.46. The molecule has 2 atom stereocenters. The second-order valence-electron chi connectivity index (χ2n) is 6.51. The summed E-state index contributed by atoms with van der Waals surface area (Å²) in [7, 11) is 0. The molecule has 7 heteroatoms. The van der Waals surface area contributed by atoms with Gasteiger partial charge >= 0.3 is 6.18 Å². The highest BCUT2D eigenvalue weighted by Gasteiger charge is 2.48. The smallest absolute Gasteiger partial charge is 0.372 e. The molecule has 0 amide bonds. The second kappa shape index (κ2) is 6.17. The highest BCUT2D eigenvalue weighted by Crippen LogP contribution is 2.44. The number of halogens is 3. The zero-order valence-electron chi connectivity index (χ0n) is 12.5. The molecular formula is C13H25F3N2O2. The number of ether oxygens (including phenoxy) is 2. The number of hydrogen-bond acceptors (Lipinski definition) is 4. The molecule has 3 N–H and O–H groups in total. The van der Waals surface area contributed by atoms with E-state index in [0.717, 1.165) is 6.42 Å². The van der Waals surface area contributed by atoms with Crippen LogP contribution in [-0.2, 0) is 9.47 Å². The average Bonchev–Trinajstić information content (AvgIpc) is 2.45. The van der Waals surface area contributed by atoms with Crippen molar-refractivity contribution in [3.63, 3.8) is 0 Å². The fraction of sp³-hybridized carbons (Fsp3) is 1.00. The summed E-state index contributed by atoms with van der Waals surface area (Å²) in [6, 6.07) is -0.139. The SMILES string of the molecule is CC1(C)CC(C(CCOCC(F)(F)F)NN)C(C)(C)O1.